The number of pyridine rings is 1. The van der Waals surface area contributed by atoms with Crippen LogP contribution in [0.1, 0.15) is 30.2 Å². The maximum atomic E-state index is 12.6. The van der Waals surface area contributed by atoms with E-state index in [1.54, 1.807) is 29.1 Å². The molecule has 3 heterocycles. The van der Waals surface area contributed by atoms with Crippen molar-refractivity contribution in [1.82, 2.24) is 19.7 Å². The van der Waals surface area contributed by atoms with Crippen molar-refractivity contribution in [1.29, 1.82) is 0 Å². The van der Waals surface area contributed by atoms with Gasteiger partial charge in [0, 0.05) is 6.20 Å². The molecule has 0 saturated carbocycles. The van der Waals surface area contributed by atoms with E-state index in [-0.39, 0.29) is 5.89 Å². The predicted molar refractivity (Wildman–Crippen MR) is 109 cm³/mol. The molecule has 0 spiro atoms. The van der Waals surface area contributed by atoms with Gasteiger partial charge in [-0.05, 0) is 55.7 Å². The standard InChI is InChI=1S/C21H19ClN4O2/c1-4-6-14-11-17(26(25-14)19-16(22)7-5-8-23-19)20-24-18-13(3)9-12(2)10-15(18)21(27)28-20/h5,7-11H,4,6H2,1-3H3. The second-order valence-corrected chi connectivity index (χ2v) is 7.18. The van der Waals surface area contributed by atoms with Gasteiger partial charge in [-0.25, -0.2) is 19.4 Å². The van der Waals surface area contributed by atoms with Crippen molar-refractivity contribution in [3.8, 4) is 17.4 Å². The van der Waals surface area contributed by atoms with E-state index in [2.05, 4.69) is 22.0 Å². The van der Waals surface area contributed by atoms with Gasteiger partial charge in [0.2, 0.25) is 5.89 Å². The molecular weight excluding hydrogens is 376 g/mol. The van der Waals surface area contributed by atoms with E-state index in [4.69, 9.17) is 16.0 Å². The lowest BCUT2D eigenvalue weighted by Gasteiger charge is -2.08. The molecule has 28 heavy (non-hydrogen) atoms. The molecule has 0 fully saturated rings. The summed E-state index contributed by atoms with van der Waals surface area (Å²) in [6, 6.07) is 9.15. The molecule has 0 radical (unpaired) electrons. The highest BCUT2D eigenvalue weighted by Gasteiger charge is 2.19. The topological polar surface area (TPSA) is 73.8 Å². The minimum atomic E-state index is -0.427. The molecule has 0 atom stereocenters. The van der Waals surface area contributed by atoms with Crippen LogP contribution in [-0.4, -0.2) is 19.7 Å². The number of fused-ring (bicyclic) bond motifs is 1. The van der Waals surface area contributed by atoms with Crippen molar-refractivity contribution in [2.45, 2.75) is 33.6 Å². The van der Waals surface area contributed by atoms with E-state index in [9.17, 15) is 4.79 Å². The summed E-state index contributed by atoms with van der Waals surface area (Å²) in [6.07, 6.45) is 3.35. The minimum Gasteiger partial charge on any atom is -0.401 e. The molecule has 0 aliphatic carbocycles. The lowest BCUT2D eigenvalue weighted by Crippen LogP contribution is -2.08. The molecule has 0 saturated heterocycles. The molecular formula is C21H19ClN4O2. The molecule has 4 rings (SSSR count). The Hall–Kier alpha value is -2.99. The molecule has 0 unspecified atom stereocenters. The van der Waals surface area contributed by atoms with Gasteiger partial charge in [-0.3, -0.25) is 0 Å². The van der Waals surface area contributed by atoms with Crippen LogP contribution in [0.25, 0.3) is 28.3 Å². The zero-order chi connectivity index (χ0) is 19.8. The SMILES string of the molecule is CCCc1cc(-c2nc3c(C)cc(C)cc3c(=O)o2)n(-c2ncccc2Cl)n1. The normalized spacial score (nSPS) is 11.3. The fourth-order valence-electron chi connectivity index (χ4n) is 3.30. The summed E-state index contributed by atoms with van der Waals surface area (Å²) < 4.78 is 7.17. The number of halogens is 1. The molecule has 0 amide bonds. The Morgan fingerprint density at radius 3 is 2.79 bits per heavy atom. The number of nitrogens with zero attached hydrogens (tertiary/aromatic N) is 4. The first-order valence-electron chi connectivity index (χ1n) is 9.10. The Labute approximate surface area is 166 Å². The van der Waals surface area contributed by atoms with Gasteiger partial charge >= 0.3 is 5.63 Å². The van der Waals surface area contributed by atoms with Crippen molar-refractivity contribution in [3.63, 3.8) is 0 Å². The largest absolute Gasteiger partial charge is 0.401 e. The zero-order valence-corrected chi connectivity index (χ0v) is 16.6. The summed E-state index contributed by atoms with van der Waals surface area (Å²) in [5.41, 5.74) is 3.49. The highest BCUT2D eigenvalue weighted by atomic mass is 35.5. The summed E-state index contributed by atoms with van der Waals surface area (Å²) in [7, 11) is 0. The van der Waals surface area contributed by atoms with Crippen molar-refractivity contribution in [2.75, 3.05) is 0 Å². The molecule has 3 aromatic heterocycles. The molecule has 1 aromatic carbocycles. The Balaban J connectivity index is 1.99. The van der Waals surface area contributed by atoms with Crippen LogP contribution in [0, 0.1) is 13.8 Å². The minimum absolute atomic E-state index is 0.195. The van der Waals surface area contributed by atoms with E-state index in [1.807, 2.05) is 26.0 Å². The summed E-state index contributed by atoms with van der Waals surface area (Å²) in [4.78, 5) is 21.6. The first-order chi connectivity index (χ1) is 13.5. The summed E-state index contributed by atoms with van der Waals surface area (Å²) in [5.74, 6) is 0.660. The fourth-order valence-corrected chi connectivity index (χ4v) is 3.50. The van der Waals surface area contributed by atoms with Gasteiger partial charge in [0.15, 0.2) is 5.82 Å². The van der Waals surface area contributed by atoms with E-state index in [0.717, 1.165) is 29.7 Å². The summed E-state index contributed by atoms with van der Waals surface area (Å²) in [6.45, 7) is 5.95. The second-order valence-electron chi connectivity index (χ2n) is 6.78. The highest BCUT2D eigenvalue weighted by molar-refractivity contribution is 6.32. The number of benzene rings is 1. The quantitative estimate of drug-likeness (QED) is 0.503. The monoisotopic (exact) mass is 394 g/mol. The van der Waals surface area contributed by atoms with Crippen molar-refractivity contribution in [2.24, 2.45) is 0 Å². The molecule has 7 heteroatoms. The van der Waals surface area contributed by atoms with Gasteiger partial charge in [-0.1, -0.05) is 31.0 Å². The van der Waals surface area contributed by atoms with Crippen LogP contribution in [0.5, 0.6) is 0 Å². The lowest BCUT2D eigenvalue weighted by molar-refractivity contribution is 0.513. The van der Waals surface area contributed by atoms with E-state index >= 15 is 0 Å². The maximum absolute atomic E-state index is 12.6. The van der Waals surface area contributed by atoms with Crippen LogP contribution in [0.15, 0.2) is 45.7 Å². The summed E-state index contributed by atoms with van der Waals surface area (Å²) >= 11 is 6.34. The van der Waals surface area contributed by atoms with E-state index < -0.39 is 5.63 Å². The lowest BCUT2D eigenvalue weighted by atomic mass is 10.1. The van der Waals surface area contributed by atoms with Crippen LogP contribution >= 0.6 is 11.6 Å². The van der Waals surface area contributed by atoms with Crippen LogP contribution < -0.4 is 5.63 Å². The molecule has 0 bridgehead atoms. The first-order valence-corrected chi connectivity index (χ1v) is 9.48. The van der Waals surface area contributed by atoms with Crippen molar-refractivity contribution in [3.05, 3.63) is 68.8 Å². The molecule has 0 aliphatic rings. The third-order valence-corrected chi connectivity index (χ3v) is 4.79. The van der Waals surface area contributed by atoms with Gasteiger partial charge in [0.05, 0.1) is 21.6 Å². The molecule has 0 aliphatic heterocycles. The van der Waals surface area contributed by atoms with Crippen molar-refractivity contribution >= 4 is 22.5 Å². The number of rotatable bonds is 4. The van der Waals surface area contributed by atoms with Gasteiger partial charge in [-0.2, -0.15) is 5.10 Å². The average molecular weight is 395 g/mol. The van der Waals surface area contributed by atoms with E-state index in [0.29, 0.717) is 27.4 Å². The predicted octanol–water partition coefficient (Wildman–Crippen LogP) is 4.66. The molecule has 142 valence electrons. The van der Waals surface area contributed by atoms with E-state index in [1.165, 1.54) is 0 Å². The van der Waals surface area contributed by atoms with Gasteiger partial charge in [0.1, 0.15) is 5.69 Å². The van der Waals surface area contributed by atoms with Gasteiger partial charge < -0.3 is 4.42 Å². The van der Waals surface area contributed by atoms with Gasteiger partial charge in [0.25, 0.3) is 0 Å². The highest BCUT2D eigenvalue weighted by Crippen LogP contribution is 2.27. The number of hydrogen-bond donors (Lipinski definition) is 0. The maximum Gasteiger partial charge on any atom is 0.347 e. The first kappa shape index (κ1) is 18.4. The Kier molecular flexibility index (Phi) is 4.73. The van der Waals surface area contributed by atoms with Gasteiger partial charge in [-0.15, -0.1) is 0 Å². The summed E-state index contributed by atoms with van der Waals surface area (Å²) in [5, 5.41) is 5.54. The number of aromatic nitrogens is 4. The van der Waals surface area contributed by atoms with Crippen LogP contribution in [-0.2, 0) is 6.42 Å². The Morgan fingerprint density at radius 2 is 2.04 bits per heavy atom. The van der Waals surface area contributed by atoms with Crippen LogP contribution in [0.2, 0.25) is 5.02 Å². The second kappa shape index (κ2) is 7.20. The fraction of sp³-hybridized carbons (Fsp3) is 0.238. The number of hydrogen-bond acceptors (Lipinski definition) is 5. The van der Waals surface area contributed by atoms with Crippen molar-refractivity contribution < 1.29 is 4.42 Å². The zero-order valence-electron chi connectivity index (χ0n) is 15.9. The molecule has 4 aromatic rings. The molecule has 0 N–H and O–H groups in total. The average Bonchev–Trinajstić information content (AvgIpc) is 3.07. The van der Waals surface area contributed by atoms with Crippen LogP contribution in [0.4, 0.5) is 0 Å². The van der Waals surface area contributed by atoms with Crippen LogP contribution in [0.3, 0.4) is 0 Å². The number of aryl methyl sites for hydroxylation is 3. The third-order valence-electron chi connectivity index (χ3n) is 4.49. The smallest absolute Gasteiger partial charge is 0.347 e. The third kappa shape index (κ3) is 3.20. The Bertz CT molecular complexity index is 1240. The molecule has 6 nitrogen and oxygen atoms in total. The Morgan fingerprint density at radius 1 is 1.21 bits per heavy atom.